The van der Waals surface area contributed by atoms with Crippen molar-refractivity contribution >= 4 is 44.9 Å². The summed E-state index contributed by atoms with van der Waals surface area (Å²) in [6.07, 6.45) is 5.98. The summed E-state index contributed by atoms with van der Waals surface area (Å²) < 4.78 is 1.83. The Balaban J connectivity index is 1.50. The molecule has 156 valence electrons. The Labute approximate surface area is 178 Å². The number of nitrogens with zero attached hydrogens (tertiary/aromatic N) is 6. The highest BCUT2D eigenvalue weighted by molar-refractivity contribution is 5.93. The first kappa shape index (κ1) is 19.0. The van der Waals surface area contributed by atoms with Crippen LogP contribution < -0.4 is 10.2 Å². The normalized spacial score (nSPS) is 11.3. The van der Waals surface area contributed by atoms with Gasteiger partial charge in [0.05, 0.1) is 29.1 Å². The summed E-state index contributed by atoms with van der Waals surface area (Å²) in [7, 11) is 1.92. The molecule has 0 spiro atoms. The van der Waals surface area contributed by atoms with Crippen molar-refractivity contribution in [2.75, 3.05) is 23.4 Å². The van der Waals surface area contributed by atoms with Crippen molar-refractivity contribution in [2.24, 2.45) is 7.05 Å². The topological polar surface area (TPSA) is 108 Å². The molecular formula is C22H22N8O. The van der Waals surface area contributed by atoms with Crippen molar-refractivity contribution in [1.82, 2.24) is 29.9 Å². The number of aliphatic hydroxyl groups is 1. The van der Waals surface area contributed by atoms with Gasteiger partial charge in [0, 0.05) is 42.9 Å². The van der Waals surface area contributed by atoms with E-state index in [0.29, 0.717) is 18.9 Å². The molecule has 0 amide bonds. The largest absolute Gasteiger partial charge is 0.396 e. The van der Waals surface area contributed by atoms with Gasteiger partial charge in [-0.1, -0.05) is 6.07 Å². The maximum absolute atomic E-state index is 9.43. The maximum Gasteiger partial charge on any atom is 0.229 e. The van der Waals surface area contributed by atoms with Gasteiger partial charge in [-0.05, 0) is 42.8 Å². The lowest BCUT2D eigenvalue weighted by molar-refractivity contribution is 0.291. The third-order valence-corrected chi connectivity index (χ3v) is 5.22. The summed E-state index contributed by atoms with van der Waals surface area (Å²) in [4.78, 5) is 11.2. The number of aromatic amines is 1. The Morgan fingerprint density at radius 1 is 1.16 bits per heavy atom. The van der Waals surface area contributed by atoms with Crippen LogP contribution in [0.1, 0.15) is 6.42 Å². The Hall–Kier alpha value is -3.98. The molecule has 3 heterocycles. The number of hydrogen-bond acceptors (Lipinski definition) is 7. The van der Waals surface area contributed by atoms with Crippen molar-refractivity contribution in [2.45, 2.75) is 6.42 Å². The van der Waals surface area contributed by atoms with E-state index >= 15 is 0 Å². The van der Waals surface area contributed by atoms with Gasteiger partial charge in [0.1, 0.15) is 5.82 Å². The molecule has 0 saturated carbocycles. The molecule has 5 aromatic rings. The van der Waals surface area contributed by atoms with E-state index in [1.807, 2.05) is 60.4 Å². The van der Waals surface area contributed by atoms with Crippen LogP contribution in [0.4, 0.5) is 23.1 Å². The van der Waals surface area contributed by atoms with Crippen molar-refractivity contribution in [3.63, 3.8) is 0 Å². The number of anilines is 4. The summed E-state index contributed by atoms with van der Waals surface area (Å²) >= 11 is 0. The second-order valence-electron chi connectivity index (χ2n) is 7.24. The van der Waals surface area contributed by atoms with Gasteiger partial charge in [-0.3, -0.25) is 9.78 Å². The van der Waals surface area contributed by atoms with Gasteiger partial charge in [0.2, 0.25) is 5.95 Å². The van der Waals surface area contributed by atoms with E-state index in [0.717, 1.165) is 39.0 Å². The third-order valence-electron chi connectivity index (χ3n) is 5.22. The molecule has 3 aromatic heterocycles. The number of aromatic nitrogens is 6. The maximum atomic E-state index is 9.43. The molecule has 0 aliphatic heterocycles. The summed E-state index contributed by atoms with van der Waals surface area (Å²) in [6.45, 7) is 0.705. The van der Waals surface area contributed by atoms with E-state index in [1.165, 1.54) is 0 Å². The lowest BCUT2D eigenvalue weighted by atomic mass is 10.2. The third kappa shape index (κ3) is 3.66. The zero-order valence-electron chi connectivity index (χ0n) is 17.0. The lowest BCUT2D eigenvalue weighted by Crippen LogP contribution is -2.21. The quantitative estimate of drug-likeness (QED) is 0.374. The van der Waals surface area contributed by atoms with Crippen LogP contribution in [0.3, 0.4) is 0 Å². The van der Waals surface area contributed by atoms with E-state index in [1.54, 1.807) is 12.4 Å². The summed E-state index contributed by atoms with van der Waals surface area (Å²) in [6, 6.07) is 13.9. The molecule has 0 atom stereocenters. The second kappa shape index (κ2) is 8.04. The van der Waals surface area contributed by atoms with Crippen LogP contribution in [0.15, 0.2) is 61.1 Å². The average Bonchev–Trinajstić information content (AvgIpc) is 3.42. The minimum Gasteiger partial charge on any atom is -0.396 e. The molecule has 0 radical (unpaired) electrons. The number of aryl methyl sites for hydroxylation is 1. The van der Waals surface area contributed by atoms with Crippen LogP contribution >= 0.6 is 0 Å². The molecule has 31 heavy (non-hydrogen) atoms. The molecule has 0 aliphatic carbocycles. The number of H-pyrrole nitrogens is 1. The van der Waals surface area contributed by atoms with Crippen LogP contribution in [0, 0.1) is 0 Å². The van der Waals surface area contributed by atoms with Crippen LogP contribution in [-0.2, 0) is 7.05 Å². The monoisotopic (exact) mass is 414 g/mol. The van der Waals surface area contributed by atoms with Crippen molar-refractivity contribution in [1.29, 1.82) is 0 Å². The zero-order valence-corrected chi connectivity index (χ0v) is 17.0. The van der Waals surface area contributed by atoms with Crippen LogP contribution in [0.5, 0.6) is 0 Å². The number of benzene rings is 2. The number of fused-ring (bicyclic) bond motifs is 2. The first-order chi connectivity index (χ1) is 15.2. The fraction of sp³-hybridized carbons (Fsp3) is 0.182. The van der Waals surface area contributed by atoms with Gasteiger partial charge >= 0.3 is 0 Å². The lowest BCUT2D eigenvalue weighted by Gasteiger charge is -2.24. The Bertz CT molecular complexity index is 1340. The highest BCUT2D eigenvalue weighted by atomic mass is 16.3. The van der Waals surface area contributed by atoms with Crippen molar-refractivity contribution in [3.8, 4) is 0 Å². The molecule has 9 heteroatoms. The summed E-state index contributed by atoms with van der Waals surface area (Å²) in [5, 5.41) is 26.2. The molecule has 5 rings (SSSR count). The molecule has 3 N–H and O–H groups in total. The van der Waals surface area contributed by atoms with Gasteiger partial charge in [0.25, 0.3) is 0 Å². The zero-order chi connectivity index (χ0) is 21.2. The number of rotatable bonds is 7. The molecule has 0 saturated heterocycles. The second-order valence-corrected chi connectivity index (χ2v) is 7.24. The molecule has 9 nitrogen and oxygen atoms in total. The van der Waals surface area contributed by atoms with Crippen molar-refractivity contribution < 1.29 is 5.11 Å². The number of aliphatic hydroxyl groups excluding tert-OH is 1. The summed E-state index contributed by atoms with van der Waals surface area (Å²) in [5.41, 5.74) is 3.83. The Morgan fingerprint density at radius 2 is 2.10 bits per heavy atom. The van der Waals surface area contributed by atoms with E-state index in [-0.39, 0.29) is 6.61 Å². The average molecular weight is 414 g/mol. The predicted molar refractivity (Wildman–Crippen MR) is 121 cm³/mol. The number of nitrogens with one attached hydrogen (secondary N) is 2. The highest BCUT2D eigenvalue weighted by Gasteiger charge is 2.15. The van der Waals surface area contributed by atoms with E-state index in [4.69, 9.17) is 4.98 Å². The van der Waals surface area contributed by atoms with E-state index in [2.05, 4.69) is 30.5 Å². The van der Waals surface area contributed by atoms with Gasteiger partial charge in [0.15, 0.2) is 0 Å². The predicted octanol–water partition coefficient (Wildman–Crippen LogP) is 3.50. The minimum atomic E-state index is 0.0960. The first-order valence-electron chi connectivity index (χ1n) is 10.1. The van der Waals surface area contributed by atoms with Crippen LogP contribution in [0.2, 0.25) is 0 Å². The first-order valence-corrected chi connectivity index (χ1v) is 10.1. The smallest absolute Gasteiger partial charge is 0.229 e. The fourth-order valence-corrected chi connectivity index (χ4v) is 3.69. The van der Waals surface area contributed by atoms with Gasteiger partial charge in [-0.15, -0.1) is 0 Å². The van der Waals surface area contributed by atoms with Crippen LogP contribution in [0.25, 0.3) is 21.8 Å². The number of hydrogen-bond donors (Lipinski definition) is 3. The van der Waals surface area contributed by atoms with Crippen LogP contribution in [-0.4, -0.2) is 48.2 Å². The molecule has 0 fully saturated rings. The van der Waals surface area contributed by atoms with Gasteiger partial charge in [-0.25, -0.2) is 4.98 Å². The Morgan fingerprint density at radius 3 is 3.00 bits per heavy atom. The SMILES string of the molecule is Cn1ncc2ccc(Nc3nccc(N(CCCO)c4cccc5[nH]ncc45)n3)cc21. The summed E-state index contributed by atoms with van der Waals surface area (Å²) in [5.74, 6) is 1.23. The molecular weight excluding hydrogens is 392 g/mol. The van der Waals surface area contributed by atoms with Crippen molar-refractivity contribution in [3.05, 3.63) is 61.1 Å². The Kier molecular flexibility index (Phi) is 4.93. The minimum absolute atomic E-state index is 0.0960. The van der Waals surface area contributed by atoms with Gasteiger partial charge in [-0.2, -0.15) is 15.2 Å². The molecule has 0 unspecified atom stereocenters. The molecule has 0 aliphatic rings. The molecule has 2 aromatic carbocycles. The van der Waals surface area contributed by atoms with Gasteiger partial charge < -0.3 is 15.3 Å². The van der Waals surface area contributed by atoms with E-state index < -0.39 is 0 Å². The fourth-order valence-electron chi connectivity index (χ4n) is 3.69. The van der Waals surface area contributed by atoms with E-state index in [9.17, 15) is 5.11 Å². The highest BCUT2D eigenvalue weighted by Crippen LogP contribution is 2.31. The standard InChI is InChI=1S/C22H22N8O/c1-29-20-12-16(7-6-15(20)13-25-29)26-22-23-9-8-21(27-22)30(10-3-11-31)19-5-2-4-18-17(19)14-24-28-18/h2,4-9,12-14,31H,3,10-11H2,1H3,(H,24,28)(H,23,26,27). The molecule has 0 bridgehead atoms.